The molecule has 0 amide bonds. The van der Waals surface area contributed by atoms with Gasteiger partial charge in [0.2, 0.25) is 0 Å². The van der Waals surface area contributed by atoms with Gasteiger partial charge in [0.25, 0.3) is 0 Å². The molecule has 0 bridgehead atoms. The van der Waals surface area contributed by atoms with Crippen LogP contribution in [0, 0.1) is 0 Å². The van der Waals surface area contributed by atoms with Gasteiger partial charge in [0.15, 0.2) is 5.78 Å². The van der Waals surface area contributed by atoms with Crippen LogP contribution in [0.25, 0.3) is 11.0 Å². The first-order valence-corrected chi connectivity index (χ1v) is 16.2. The molecule has 0 saturated heterocycles. The summed E-state index contributed by atoms with van der Waals surface area (Å²) in [5.74, 6) is 0.0406. The average molecular weight is 653 g/mol. The predicted octanol–water partition coefficient (Wildman–Crippen LogP) is 2.96. The molecule has 0 spiro atoms. The average Bonchev–Trinajstić information content (AvgIpc) is 3.53. The third kappa shape index (κ3) is 20.5. The van der Waals surface area contributed by atoms with Gasteiger partial charge in [0.1, 0.15) is 17.6 Å². The highest BCUT2D eigenvalue weighted by Gasteiger charge is 2.14. The molecule has 0 radical (unpaired) electrons. The third-order valence-electron chi connectivity index (χ3n) is 6.67. The van der Waals surface area contributed by atoms with Crippen LogP contribution in [-0.4, -0.2) is 159 Å². The number of hydrogen-bond acceptors (Lipinski definition) is 13. The number of ketones is 1. The van der Waals surface area contributed by atoms with Gasteiger partial charge in [-0.2, -0.15) is 0 Å². The van der Waals surface area contributed by atoms with Gasteiger partial charge in [0.05, 0.1) is 119 Å². The van der Waals surface area contributed by atoms with Crippen molar-refractivity contribution in [3.05, 3.63) is 23.8 Å². The molecule has 0 unspecified atom stereocenters. The number of ether oxygens (including phenoxy) is 7. The fourth-order valence-corrected chi connectivity index (χ4v) is 4.03. The fourth-order valence-electron chi connectivity index (χ4n) is 4.03. The molecule has 14 nitrogen and oxygen atoms in total. The Morgan fingerprint density at radius 1 is 0.696 bits per heavy atom. The molecule has 0 aliphatic rings. The molecule has 0 aliphatic carbocycles. The Bertz CT molecular complexity index is 1110. The number of nitrogens with zero attached hydrogens (tertiary/aromatic N) is 5. The minimum atomic E-state index is 0.0406. The molecule has 46 heavy (non-hydrogen) atoms. The van der Waals surface area contributed by atoms with E-state index in [4.69, 9.17) is 33.2 Å². The second-order valence-corrected chi connectivity index (χ2v) is 11.0. The van der Waals surface area contributed by atoms with Crippen molar-refractivity contribution in [3.63, 3.8) is 0 Å². The first-order valence-electron chi connectivity index (χ1n) is 16.2. The molecular weight excluding hydrogens is 598 g/mol. The van der Waals surface area contributed by atoms with Crippen molar-refractivity contribution in [3.8, 4) is 0 Å². The molecule has 1 aromatic carbocycles. The molecule has 2 rings (SSSR count). The van der Waals surface area contributed by atoms with Crippen molar-refractivity contribution in [2.24, 2.45) is 9.98 Å². The number of fused-ring (bicyclic) bond motifs is 1. The van der Waals surface area contributed by atoms with E-state index >= 15 is 0 Å². The van der Waals surface area contributed by atoms with Crippen molar-refractivity contribution in [2.75, 3.05) is 133 Å². The van der Waals surface area contributed by atoms with Gasteiger partial charge in [-0.3, -0.25) is 4.79 Å². The summed E-state index contributed by atoms with van der Waals surface area (Å²) in [6, 6.07) is 7.86. The Labute approximate surface area is 272 Å². The second-order valence-electron chi connectivity index (χ2n) is 11.0. The predicted molar refractivity (Wildman–Crippen MR) is 173 cm³/mol. The number of benzene rings is 1. The van der Waals surface area contributed by atoms with E-state index in [1.807, 2.05) is 6.92 Å². The molecule has 14 heteroatoms. The number of likely N-dealkylation sites (N-methyl/N-ethyl adjacent to an activating group) is 1. The quantitative estimate of drug-likeness (QED) is 0.0513. The number of hydrogen-bond donors (Lipinski definition) is 0. The van der Waals surface area contributed by atoms with Crippen LogP contribution in [0.2, 0.25) is 0 Å². The Kier molecular flexibility index (Phi) is 22.7. The lowest BCUT2D eigenvalue weighted by Gasteiger charge is -2.29. The molecule has 0 fully saturated rings. The zero-order chi connectivity index (χ0) is 33.0. The SMILES string of the molecule is CCN=C=NCCC[N+](C)(C)CCOCCOCCOCCOCCOCCOCCOCCCC(=O)c1ccc2nonc2c1. The smallest absolute Gasteiger partial charge is 0.163 e. The van der Waals surface area contributed by atoms with Gasteiger partial charge in [-0.25, -0.2) is 14.6 Å². The maximum Gasteiger partial charge on any atom is 0.163 e. The lowest BCUT2D eigenvalue weighted by Crippen LogP contribution is -2.43. The van der Waals surface area contributed by atoms with Gasteiger partial charge >= 0.3 is 0 Å². The van der Waals surface area contributed by atoms with Crippen LogP contribution in [-0.2, 0) is 33.2 Å². The molecule has 1 aromatic heterocycles. The maximum absolute atomic E-state index is 12.3. The summed E-state index contributed by atoms with van der Waals surface area (Å²) in [5.41, 5.74) is 1.81. The zero-order valence-electron chi connectivity index (χ0n) is 28.0. The number of carbonyl (C=O) groups excluding carboxylic acids is 1. The van der Waals surface area contributed by atoms with E-state index in [1.54, 1.807) is 18.2 Å². The summed E-state index contributed by atoms with van der Waals surface area (Å²) in [5, 5.41) is 7.50. The summed E-state index contributed by atoms with van der Waals surface area (Å²) < 4.78 is 44.3. The molecule has 2 aromatic rings. The number of rotatable bonds is 31. The lowest BCUT2D eigenvalue weighted by atomic mass is 10.1. The van der Waals surface area contributed by atoms with Crippen LogP contribution in [0.3, 0.4) is 0 Å². The van der Waals surface area contributed by atoms with E-state index in [-0.39, 0.29) is 5.78 Å². The molecule has 0 N–H and O–H groups in total. The topological polar surface area (TPSA) is 145 Å². The number of carbonyl (C=O) groups is 1. The summed E-state index contributed by atoms with van der Waals surface area (Å²) >= 11 is 0. The number of Topliss-reactive ketones (excluding diaryl/α,β-unsaturated/α-hetero) is 1. The molecule has 0 atom stereocenters. The monoisotopic (exact) mass is 652 g/mol. The van der Waals surface area contributed by atoms with Gasteiger partial charge in [-0.15, -0.1) is 0 Å². The van der Waals surface area contributed by atoms with Crippen LogP contribution in [0.15, 0.2) is 32.8 Å². The first kappa shape index (κ1) is 39.5. The minimum absolute atomic E-state index is 0.0406. The summed E-state index contributed by atoms with van der Waals surface area (Å²) in [6.45, 7) is 12.7. The van der Waals surface area contributed by atoms with E-state index < -0.39 is 0 Å². The number of quaternary nitrogens is 1. The van der Waals surface area contributed by atoms with Crippen LogP contribution < -0.4 is 0 Å². The highest BCUT2D eigenvalue weighted by Crippen LogP contribution is 2.13. The third-order valence-corrected chi connectivity index (χ3v) is 6.67. The minimum Gasteiger partial charge on any atom is -0.379 e. The van der Waals surface area contributed by atoms with E-state index in [9.17, 15) is 4.79 Å². The van der Waals surface area contributed by atoms with Crippen molar-refractivity contribution < 1.29 is 47.1 Å². The van der Waals surface area contributed by atoms with Crippen molar-refractivity contribution in [1.82, 2.24) is 10.3 Å². The Morgan fingerprint density at radius 2 is 1.22 bits per heavy atom. The molecule has 260 valence electrons. The Morgan fingerprint density at radius 3 is 1.78 bits per heavy atom. The summed E-state index contributed by atoms with van der Waals surface area (Å²) in [6.07, 6.45) is 2.04. The molecule has 1 heterocycles. The van der Waals surface area contributed by atoms with Gasteiger partial charge < -0.3 is 37.6 Å². The van der Waals surface area contributed by atoms with Crippen molar-refractivity contribution in [1.29, 1.82) is 0 Å². The standard InChI is InChI=1S/C32H54N5O9/c1-4-33-28-34-10-6-11-37(2,3)12-14-40-16-18-42-20-22-44-24-26-45-25-23-43-21-19-41-17-15-39-13-5-7-32(38)29-8-9-30-31(27-29)36-46-35-30/h8-9,27H,4-7,10-26H2,1-3H3/q+1. The highest BCUT2D eigenvalue weighted by atomic mass is 16.6. The summed E-state index contributed by atoms with van der Waals surface area (Å²) in [7, 11) is 4.40. The maximum atomic E-state index is 12.3. The molecule has 0 aliphatic heterocycles. The van der Waals surface area contributed by atoms with Crippen LogP contribution in [0.5, 0.6) is 0 Å². The number of aromatic nitrogens is 2. The van der Waals surface area contributed by atoms with E-state index in [0.29, 0.717) is 122 Å². The Hall–Kier alpha value is -2.65. The lowest BCUT2D eigenvalue weighted by molar-refractivity contribution is -0.890. The zero-order valence-corrected chi connectivity index (χ0v) is 28.0. The first-order chi connectivity index (χ1) is 22.5. The second kappa shape index (κ2) is 26.4. The number of aliphatic imine (C=N–C) groups is 2. The molecular formula is C32H54N5O9+. The van der Waals surface area contributed by atoms with Gasteiger partial charge in [-0.1, -0.05) is 0 Å². The normalized spacial score (nSPS) is 11.6. The van der Waals surface area contributed by atoms with Crippen LogP contribution in [0.1, 0.15) is 36.5 Å². The largest absolute Gasteiger partial charge is 0.379 e. The van der Waals surface area contributed by atoms with E-state index in [0.717, 1.165) is 37.1 Å². The fraction of sp³-hybridized carbons (Fsp3) is 0.750. The van der Waals surface area contributed by atoms with Gasteiger partial charge in [0, 0.05) is 31.6 Å². The van der Waals surface area contributed by atoms with E-state index in [1.165, 1.54) is 0 Å². The van der Waals surface area contributed by atoms with Gasteiger partial charge in [-0.05, 0) is 41.9 Å². The van der Waals surface area contributed by atoms with E-state index in [2.05, 4.69) is 45.0 Å². The van der Waals surface area contributed by atoms with Crippen LogP contribution in [0.4, 0.5) is 0 Å². The Balaban J connectivity index is 1.23. The molecule has 0 saturated carbocycles. The van der Waals surface area contributed by atoms with Crippen molar-refractivity contribution in [2.45, 2.75) is 26.2 Å². The van der Waals surface area contributed by atoms with Crippen molar-refractivity contribution >= 4 is 22.8 Å². The summed E-state index contributed by atoms with van der Waals surface area (Å²) in [4.78, 5) is 20.4. The highest BCUT2D eigenvalue weighted by molar-refractivity contribution is 5.98. The van der Waals surface area contributed by atoms with Crippen LogP contribution >= 0.6 is 0 Å².